The van der Waals surface area contributed by atoms with Crippen molar-refractivity contribution in [2.24, 2.45) is 0 Å². The smallest absolute Gasteiger partial charge is 0.313 e. The van der Waals surface area contributed by atoms with E-state index >= 15 is 0 Å². The molecule has 0 spiro atoms. The molecule has 1 saturated carbocycles. The molecule has 8 nitrogen and oxygen atoms in total. The third kappa shape index (κ3) is 2.75. The van der Waals surface area contributed by atoms with E-state index in [-0.39, 0.29) is 5.75 Å². The second-order valence-electron chi connectivity index (χ2n) is 4.23. The normalized spacial score (nSPS) is 14.7. The van der Waals surface area contributed by atoms with Gasteiger partial charge in [-0.3, -0.25) is 9.36 Å². The van der Waals surface area contributed by atoms with Gasteiger partial charge in [-0.05, 0) is 12.8 Å². The van der Waals surface area contributed by atoms with Gasteiger partial charge in [0.05, 0.1) is 12.3 Å². The van der Waals surface area contributed by atoms with Crippen LogP contribution < -0.4 is 0 Å². The predicted octanol–water partition coefficient (Wildman–Crippen LogP) is 0.764. The molecule has 0 aromatic carbocycles. The van der Waals surface area contributed by atoms with E-state index in [4.69, 9.17) is 9.63 Å². The highest BCUT2D eigenvalue weighted by molar-refractivity contribution is 7.99. The molecule has 1 fully saturated rings. The summed E-state index contributed by atoms with van der Waals surface area (Å²) in [7, 11) is 0. The summed E-state index contributed by atoms with van der Waals surface area (Å²) in [6.45, 7) is 0.400. The van der Waals surface area contributed by atoms with Crippen LogP contribution in [0.3, 0.4) is 0 Å². The molecule has 0 bridgehead atoms. The molecule has 0 radical (unpaired) electrons. The van der Waals surface area contributed by atoms with Crippen molar-refractivity contribution in [1.82, 2.24) is 24.9 Å². The van der Waals surface area contributed by atoms with Crippen molar-refractivity contribution in [3.05, 3.63) is 18.0 Å². The monoisotopic (exact) mass is 281 g/mol. The number of hydrogen-bond donors (Lipinski definition) is 1. The lowest BCUT2D eigenvalue weighted by Crippen LogP contribution is -2.08. The van der Waals surface area contributed by atoms with Crippen LogP contribution in [0.15, 0.2) is 16.1 Å². The van der Waals surface area contributed by atoms with Gasteiger partial charge in [0.1, 0.15) is 5.82 Å². The Labute approximate surface area is 112 Å². The average Bonchev–Trinajstić information content (AvgIpc) is 2.95. The molecular weight excluding hydrogens is 270 g/mol. The number of carboxylic acids is 1. The molecule has 19 heavy (non-hydrogen) atoms. The molecule has 9 heteroatoms. The lowest BCUT2D eigenvalue weighted by Gasteiger charge is -2.06. The van der Waals surface area contributed by atoms with E-state index in [2.05, 4.69) is 20.3 Å². The van der Waals surface area contributed by atoms with Crippen molar-refractivity contribution in [3.63, 3.8) is 0 Å². The molecule has 100 valence electrons. The van der Waals surface area contributed by atoms with Gasteiger partial charge in [0.15, 0.2) is 11.0 Å². The van der Waals surface area contributed by atoms with Crippen LogP contribution in [0.5, 0.6) is 0 Å². The molecule has 3 rings (SSSR count). The standard InChI is InChI=1S/C10H11N5O3S/c16-8(17)4-19-10-13-12-9(6-1-2-6)15(10)3-7-11-5-18-14-7/h5-6H,1-4H2,(H,16,17). The van der Waals surface area contributed by atoms with Crippen LogP contribution in [0, 0.1) is 0 Å². The Bertz CT molecular complexity index is 578. The van der Waals surface area contributed by atoms with Crippen molar-refractivity contribution < 1.29 is 14.4 Å². The van der Waals surface area contributed by atoms with Crippen LogP contribution in [0.1, 0.15) is 30.4 Å². The van der Waals surface area contributed by atoms with E-state index in [1.807, 2.05) is 4.57 Å². The fraction of sp³-hybridized carbons (Fsp3) is 0.500. The molecule has 2 aromatic heterocycles. The zero-order valence-corrected chi connectivity index (χ0v) is 10.7. The minimum absolute atomic E-state index is 0.0466. The number of aromatic nitrogens is 5. The van der Waals surface area contributed by atoms with Crippen LogP contribution in [0.25, 0.3) is 0 Å². The Morgan fingerprint density at radius 3 is 3.00 bits per heavy atom. The van der Waals surface area contributed by atoms with Gasteiger partial charge >= 0.3 is 5.97 Å². The number of aliphatic carboxylic acids is 1. The molecule has 0 aliphatic heterocycles. The summed E-state index contributed by atoms with van der Waals surface area (Å²) in [6, 6.07) is 0. The largest absolute Gasteiger partial charge is 0.481 e. The number of thioether (sulfide) groups is 1. The SMILES string of the molecule is O=C(O)CSc1nnc(C2CC2)n1Cc1ncon1. The van der Waals surface area contributed by atoms with E-state index < -0.39 is 5.97 Å². The Morgan fingerprint density at radius 2 is 2.37 bits per heavy atom. The van der Waals surface area contributed by atoms with Crippen molar-refractivity contribution in [2.75, 3.05) is 5.75 Å². The van der Waals surface area contributed by atoms with Crippen LogP contribution in [0.4, 0.5) is 0 Å². The number of nitrogens with zero attached hydrogens (tertiary/aromatic N) is 5. The zero-order valence-electron chi connectivity index (χ0n) is 9.89. The molecule has 1 aliphatic rings. The maximum Gasteiger partial charge on any atom is 0.313 e. The fourth-order valence-electron chi connectivity index (χ4n) is 1.73. The van der Waals surface area contributed by atoms with E-state index in [0.29, 0.717) is 23.4 Å². The van der Waals surface area contributed by atoms with Crippen molar-refractivity contribution >= 4 is 17.7 Å². The van der Waals surface area contributed by atoms with Gasteiger partial charge in [0.2, 0.25) is 6.39 Å². The fourth-order valence-corrected chi connectivity index (χ4v) is 2.39. The lowest BCUT2D eigenvalue weighted by atomic mass is 10.4. The summed E-state index contributed by atoms with van der Waals surface area (Å²) in [6.07, 6.45) is 3.45. The Hall–Kier alpha value is -1.90. The van der Waals surface area contributed by atoms with Crippen LogP contribution in [-0.4, -0.2) is 41.7 Å². The number of carbonyl (C=O) groups is 1. The van der Waals surface area contributed by atoms with Gasteiger partial charge in [-0.2, -0.15) is 4.98 Å². The number of rotatable bonds is 6. The van der Waals surface area contributed by atoms with Crippen LogP contribution in [0.2, 0.25) is 0 Å². The molecule has 1 N–H and O–H groups in total. The van der Waals surface area contributed by atoms with Crippen LogP contribution >= 0.6 is 11.8 Å². The molecule has 1 aliphatic carbocycles. The average molecular weight is 281 g/mol. The van der Waals surface area contributed by atoms with Crippen LogP contribution in [-0.2, 0) is 11.3 Å². The maximum absolute atomic E-state index is 10.6. The maximum atomic E-state index is 10.6. The highest BCUT2D eigenvalue weighted by atomic mass is 32.2. The summed E-state index contributed by atoms with van der Waals surface area (Å²) in [4.78, 5) is 14.6. The molecule has 2 aromatic rings. The van der Waals surface area contributed by atoms with Gasteiger partial charge < -0.3 is 9.63 Å². The van der Waals surface area contributed by atoms with Gasteiger partial charge in [0.25, 0.3) is 0 Å². The zero-order chi connectivity index (χ0) is 13.2. The summed E-state index contributed by atoms with van der Waals surface area (Å²) in [5.41, 5.74) is 0. The summed E-state index contributed by atoms with van der Waals surface area (Å²) in [5, 5.41) is 21.3. The lowest BCUT2D eigenvalue weighted by molar-refractivity contribution is -0.133. The van der Waals surface area contributed by atoms with E-state index in [0.717, 1.165) is 30.4 Å². The molecule has 0 saturated heterocycles. The second kappa shape index (κ2) is 5.00. The van der Waals surface area contributed by atoms with Crippen molar-refractivity contribution in [2.45, 2.75) is 30.5 Å². The van der Waals surface area contributed by atoms with Gasteiger partial charge in [-0.1, -0.05) is 16.9 Å². The first kappa shape index (κ1) is 12.2. The third-order valence-electron chi connectivity index (χ3n) is 2.72. The highest BCUT2D eigenvalue weighted by Crippen LogP contribution is 2.40. The summed E-state index contributed by atoms with van der Waals surface area (Å²) < 4.78 is 6.57. The van der Waals surface area contributed by atoms with E-state index in [1.165, 1.54) is 6.39 Å². The van der Waals surface area contributed by atoms with Crippen molar-refractivity contribution in [1.29, 1.82) is 0 Å². The quantitative estimate of drug-likeness (QED) is 0.773. The Kier molecular flexibility index (Phi) is 3.20. The predicted molar refractivity (Wildman–Crippen MR) is 63.8 cm³/mol. The third-order valence-corrected chi connectivity index (χ3v) is 3.67. The minimum Gasteiger partial charge on any atom is -0.481 e. The minimum atomic E-state index is -0.882. The second-order valence-corrected chi connectivity index (χ2v) is 5.17. The van der Waals surface area contributed by atoms with E-state index in [9.17, 15) is 4.79 Å². The molecule has 2 heterocycles. The topological polar surface area (TPSA) is 107 Å². The Morgan fingerprint density at radius 1 is 1.53 bits per heavy atom. The Balaban J connectivity index is 1.84. The summed E-state index contributed by atoms with van der Waals surface area (Å²) >= 11 is 1.15. The summed E-state index contributed by atoms with van der Waals surface area (Å²) in [5.74, 6) is 0.886. The van der Waals surface area contributed by atoms with E-state index in [1.54, 1.807) is 0 Å². The van der Waals surface area contributed by atoms with Gasteiger partial charge in [-0.25, -0.2) is 0 Å². The molecule has 0 unspecified atom stereocenters. The first-order valence-electron chi connectivity index (χ1n) is 5.77. The number of carboxylic acid groups (broad SMARTS) is 1. The molecule has 0 atom stereocenters. The number of hydrogen-bond acceptors (Lipinski definition) is 7. The van der Waals surface area contributed by atoms with Gasteiger partial charge in [-0.15, -0.1) is 10.2 Å². The first-order chi connectivity index (χ1) is 9.24. The van der Waals surface area contributed by atoms with Gasteiger partial charge in [0, 0.05) is 5.92 Å². The molecule has 0 amide bonds. The van der Waals surface area contributed by atoms with Crippen molar-refractivity contribution in [3.8, 4) is 0 Å². The first-order valence-corrected chi connectivity index (χ1v) is 6.75. The highest BCUT2D eigenvalue weighted by Gasteiger charge is 2.30. The molecular formula is C10H11N5O3S.